The quantitative estimate of drug-likeness (QED) is 0.487. The molecule has 4 N–H and O–H groups in total. The van der Waals surface area contributed by atoms with Gasteiger partial charge in [-0.2, -0.15) is 0 Å². The SMILES string of the molecule is CCC(c1ccnc(NC2Nc3ccc(-c4ccncn4)cc3N2)c1)N1CCNCC1. The predicted molar refractivity (Wildman–Crippen MR) is 124 cm³/mol. The molecule has 31 heavy (non-hydrogen) atoms. The lowest BCUT2D eigenvalue weighted by Crippen LogP contribution is -2.45. The van der Waals surface area contributed by atoms with Gasteiger partial charge in [-0.05, 0) is 42.3 Å². The molecule has 2 aliphatic heterocycles. The van der Waals surface area contributed by atoms with Gasteiger partial charge in [-0.1, -0.05) is 13.0 Å². The van der Waals surface area contributed by atoms with Crippen LogP contribution in [0.5, 0.6) is 0 Å². The second-order valence-corrected chi connectivity index (χ2v) is 7.91. The van der Waals surface area contributed by atoms with Crippen LogP contribution in [0.1, 0.15) is 24.9 Å². The highest BCUT2D eigenvalue weighted by Crippen LogP contribution is 2.33. The minimum absolute atomic E-state index is 0.127. The van der Waals surface area contributed by atoms with Crippen molar-refractivity contribution in [3.63, 3.8) is 0 Å². The van der Waals surface area contributed by atoms with Crippen molar-refractivity contribution in [3.8, 4) is 11.3 Å². The number of nitrogens with zero attached hydrogens (tertiary/aromatic N) is 4. The molecule has 0 saturated carbocycles. The third kappa shape index (κ3) is 4.30. The molecule has 4 heterocycles. The van der Waals surface area contributed by atoms with Crippen LogP contribution in [0.15, 0.2) is 55.1 Å². The predicted octanol–water partition coefficient (Wildman–Crippen LogP) is 3.13. The van der Waals surface area contributed by atoms with Crippen molar-refractivity contribution in [1.29, 1.82) is 0 Å². The maximum atomic E-state index is 4.55. The van der Waals surface area contributed by atoms with Crippen molar-refractivity contribution in [1.82, 2.24) is 25.2 Å². The summed E-state index contributed by atoms with van der Waals surface area (Å²) in [6.07, 6.45) is 6.19. The third-order valence-corrected chi connectivity index (χ3v) is 5.94. The summed E-state index contributed by atoms with van der Waals surface area (Å²) in [4.78, 5) is 15.5. The molecule has 160 valence electrons. The Morgan fingerprint density at radius 3 is 2.71 bits per heavy atom. The molecule has 2 aromatic heterocycles. The Kier molecular flexibility index (Phi) is 5.64. The fraction of sp³-hybridized carbons (Fsp3) is 0.348. The van der Waals surface area contributed by atoms with Crippen LogP contribution in [0.3, 0.4) is 0 Å². The van der Waals surface area contributed by atoms with Crippen LogP contribution in [0.25, 0.3) is 11.3 Å². The van der Waals surface area contributed by atoms with E-state index in [1.807, 2.05) is 12.3 Å². The van der Waals surface area contributed by atoms with E-state index in [9.17, 15) is 0 Å². The first-order valence-electron chi connectivity index (χ1n) is 10.9. The Morgan fingerprint density at radius 2 is 1.90 bits per heavy atom. The smallest absolute Gasteiger partial charge is 0.175 e. The highest BCUT2D eigenvalue weighted by Gasteiger charge is 2.23. The van der Waals surface area contributed by atoms with Crippen LogP contribution >= 0.6 is 0 Å². The van der Waals surface area contributed by atoms with Gasteiger partial charge >= 0.3 is 0 Å². The second-order valence-electron chi connectivity index (χ2n) is 7.91. The van der Waals surface area contributed by atoms with Crippen molar-refractivity contribution < 1.29 is 0 Å². The lowest BCUT2D eigenvalue weighted by Gasteiger charge is -2.34. The third-order valence-electron chi connectivity index (χ3n) is 5.94. The molecule has 1 fully saturated rings. The fourth-order valence-electron chi connectivity index (χ4n) is 4.41. The summed E-state index contributed by atoms with van der Waals surface area (Å²) in [5.74, 6) is 0.861. The van der Waals surface area contributed by atoms with Gasteiger partial charge < -0.3 is 21.3 Å². The summed E-state index contributed by atoms with van der Waals surface area (Å²) in [6.45, 7) is 6.53. The first kappa shape index (κ1) is 19.7. The highest BCUT2D eigenvalue weighted by molar-refractivity contribution is 5.80. The molecule has 8 heteroatoms. The Labute approximate surface area is 182 Å². The Hall–Kier alpha value is -3.23. The molecule has 3 aromatic rings. The number of aromatic nitrogens is 3. The van der Waals surface area contributed by atoms with Gasteiger partial charge in [0.25, 0.3) is 0 Å². The Balaban J connectivity index is 1.28. The minimum Gasteiger partial charge on any atom is -0.347 e. The molecule has 0 bridgehead atoms. The van der Waals surface area contributed by atoms with Gasteiger partial charge in [0.15, 0.2) is 6.29 Å². The van der Waals surface area contributed by atoms with E-state index >= 15 is 0 Å². The molecule has 1 saturated heterocycles. The van der Waals surface area contributed by atoms with E-state index in [0.29, 0.717) is 6.04 Å². The Bertz CT molecular complexity index is 1020. The number of hydrogen-bond donors (Lipinski definition) is 4. The molecule has 0 amide bonds. The highest BCUT2D eigenvalue weighted by atomic mass is 15.3. The first-order valence-corrected chi connectivity index (χ1v) is 10.9. The number of rotatable bonds is 6. The van der Waals surface area contributed by atoms with Crippen LogP contribution in [0.4, 0.5) is 17.2 Å². The molecular weight excluding hydrogens is 388 g/mol. The molecule has 0 aliphatic carbocycles. The largest absolute Gasteiger partial charge is 0.347 e. The van der Waals surface area contributed by atoms with Gasteiger partial charge in [0.05, 0.1) is 17.1 Å². The van der Waals surface area contributed by atoms with E-state index in [-0.39, 0.29) is 6.29 Å². The number of benzene rings is 1. The summed E-state index contributed by atoms with van der Waals surface area (Å²) < 4.78 is 0. The summed E-state index contributed by atoms with van der Waals surface area (Å²) in [7, 11) is 0. The zero-order valence-corrected chi connectivity index (χ0v) is 17.7. The van der Waals surface area contributed by atoms with E-state index < -0.39 is 0 Å². The topological polar surface area (TPSA) is 90.0 Å². The van der Waals surface area contributed by atoms with Gasteiger partial charge in [-0.3, -0.25) is 4.90 Å². The van der Waals surface area contributed by atoms with E-state index in [1.165, 1.54) is 5.56 Å². The van der Waals surface area contributed by atoms with Crippen LogP contribution < -0.4 is 21.3 Å². The molecular formula is C23H28N8. The lowest BCUT2D eigenvalue weighted by atomic mass is 10.0. The van der Waals surface area contributed by atoms with Crippen molar-refractivity contribution in [2.75, 3.05) is 42.1 Å². The van der Waals surface area contributed by atoms with E-state index in [1.54, 1.807) is 12.5 Å². The molecule has 1 aromatic carbocycles. The zero-order valence-electron chi connectivity index (χ0n) is 17.7. The van der Waals surface area contributed by atoms with Crippen LogP contribution in [0, 0.1) is 0 Å². The van der Waals surface area contributed by atoms with Gasteiger partial charge in [0.1, 0.15) is 12.1 Å². The molecule has 2 aliphatic rings. The summed E-state index contributed by atoms with van der Waals surface area (Å²) in [5.41, 5.74) is 5.36. The lowest BCUT2D eigenvalue weighted by molar-refractivity contribution is 0.169. The Morgan fingerprint density at radius 1 is 1.03 bits per heavy atom. The van der Waals surface area contributed by atoms with E-state index in [0.717, 1.165) is 61.0 Å². The number of pyridine rings is 1. The van der Waals surface area contributed by atoms with Crippen LogP contribution in [-0.4, -0.2) is 52.3 Å². The first-order chi connectivity index (χ1) is 15.3. The summed E-state index contributed by atoms with van der Waals surface area (Å²) >= 11 is 0. The maximum Gasteiger partial charge on any atom is 0.175 e. The molecule has 5 rings (SSSR count). The second kappa shape index (κ2) is 8.87. The van der Waals surface area contributed by atoms with Gasteiger partial charge in [0, 0.05) is 50.2 Å². The number of fused-ring (bicyclic) bond motifs is 1. The van der Waals surface area contributed by atoms with Gasteiger partial charge in [-0.15, -0.1) is 0 Å². The number of hydrogen-bond acceptors (Lipinski definition) is 8. The van der Waals surface area contributed by atoms with E-state index in [4.69, 9.17) is 0 Å². The van der Waals surface area contributed by atoms with Crippen molar-refractivity contribution in [2.45, 2.75) is 25.7 Å². The number of nitrogens with one attached hydrogen (secondary N) is 4. The standard InChI is InChI=1S/C23H28N8/c1-2-21(31-11-9-24-10-12-31)17-5-8-26-22(14-17)30-23-28-19-4-3-16(13-20(19)29-23)18-6-7-25-15-27-18/h3-8,13-15,21,23-24,28-29H,2,9-12H2,1H3,(H,26,30). The van der Waals surface area contributed by atoms with E-state index in [2.05, 4.69) is 78.4 Å². The van der Waals surface area contributed by atoms with Crippen LogP contribution in [0.2, 0.25) is 0 Å². The minimum atomic E-state index is -0.127. The normalized spacial score (nSPS) is 19.2. The van der Waals surface area contributed by atoms with Crippen molar-refractivity contribution in [3.05, 3.63) is 60.7 Å². The van der Waals surface area contributed by atoms with Gasteiger partial charge in [-0.25, -0.2) is 15.0 Å². The molecule has 8 nitrogen and oxygen atoms in total. The number of piperazine rings is 1. The molecule has 0 spiro atoms. The maximum absolute atomic E-state index is 4.55. The molecule has 2 unspecified atom stereocenters. The molecule has 0 radical (unpaired) electrons. The molecule has 2 atom stereocenters. The summed E-state index contributed by atoms with van der Waals surface area (Å²) in [6, 6.07) is 12.9. The average Bonchev–Trinajstić information content (AvgIpc) is 3.22. The monoisotopic (exact) mass is 416 g/mol. The van der Waals surface area contributed by atoms with Gasteiger partial charge in [0.2, 0.25) is 0 Å². The zero-order chi connectivity index (χ0) is 21.0. The average molecular weight is 417 g/mol. The van der Waals surface area contributed by atoms with Crippen molar-refractivity contribution >= 4 is 17.2 Å². The van der Waals surface area contributed by atoms with Crippen molar-refractivity contribution in [2.24, 2.45) is 0 Å². The van der Waals surface area contributed by atoms with Crippen LogP contribution in [-0.2, 0) is 0 Å². The fourth-order valence-corrected chi connectivity index (χ4v) is 4.41. The number of anilines is 3. The summed E-state index contributed by atoms with van der Waals surface area (Å²) in [5, 5.41) is 13.9.